The molecule has 0 amide bonds. The molecule has 56 heavy (non-hydrogen) atoms. The van der Waals surface area contributed by atoms with Gasteiger partial charge in [-0.3, -0.25) is 0 Å². The van der Waals surface area contributed by atoms with Crippen LogP contribution in [0.25, 0.3) is 100 Å². The minimum atomic E-state index is 0.699. The summed E-state index contributed by atoms with van der Waals surface area (Å²) in [7, 11) is 0. The van der Waals surface area contributed by atoms with E-state index >= 15 is 0 Å². The van der Waals surface area contributed by atoms with E-state index in [1.54, 1.807) is 0 Å². The average molecular weight is 715 g/mol. The van der Waals surface area contributed by atoms with Crippen LogP contribution in [-0.4, -0.2) is 19.1 Å². The largest absolute Gasteiger partial charge is 0.309 e. The van der Waals surface area contributed by atoms with Gasteiger partial charge in [0.25, 0.3) is 0 Å². The first-order chi connectivity index (χ1) is 27.8. The Morgan fingerprint density at radius 3 is 1.23 bits per heavy atom. The quantitative estimate of drug-likeness (QED) is 0.172. The summed E-state index contributed by atoms with van der Waals surface area (Å²) in [5.74, 6) is 0.699. The molecule has 0 spiro atoms. The van der Waals surface area contributed by atoms with Crippen LogP contribution in [0.2, 0.25) is 0 Å². The second kappa shape index (κ2) is 13.1. The second-order valence-corrected chi connectivity index (χ2v) is 14.2. The van der Waals surface area contributed by atoms with E-state index in [0.29, 0.717) is 5.82 Å². The van der Waals surface area contributed by atoms with Gasteiger partial charge in [0, 0.05) is 49.6 Å². The summed E-state index contributed by atoms with van der Waals surface area (Å²) >= 11 is 0. The van der Waals surface area contributed by atoms with Gasteiger partial charge >= 0.3 is 0 Å². The van der Waals surface area contributed by atoms with Gasteiger partial charge < -0.3 is 9.13 Å². The zero-order valence-corrected chi connectivity index (χ0v) is 30.4. The predicted molar refractivity (Wildman–Crippen MR) is 232 cm³/mol. The number of para-hydroxylation sites is 3. The van der Waals surface area contributed by atoms with Crippen molar-refractivity contribution in [1.82, 2.24) is 19.1 Å². The van der Waals surface area contributed by atoms with E-state index in [1.165, 1.54) is 32.8 Å². The fourth-order valence-electron chi connectivity index (χ4n) is 8.29. The molecular formula is C52H34N4. The Morgan fingerprint density at radius 1 is 0.268 bits per heavy atom. The van der Waals surface area contributed by atoms with Crippen LogP contribution in [0.15, 0.2) is 206 Å². The highest BCUT2D eigenvalue weighted by Crippen LogP contribution is 2.38. The summed E-state index contributed by atoms with van der Waals surface area (Å²) in [5.41, 5.74) is 14.2. The number of hydrogen-bond acceptors (Lipinski definition) is 2. The molecule has 0 atom stereocenters. The van der Waals surface area contributed by atoms with Crippen LogP contribution in [0.3, 0.4) is 0 Å². The highest BCUT2D eigenvalue weighted by molar-refractivity contribution is 6.12. The molecule has 3 aromatic heterocycles. The molecule has 11 aromatic rings. The molecule has 4 nitrogen and oxygen atoms in total. The van der Waals surface area contributed by atoms with Gasteiger partial charge in [0.2, 0.25) is 0 Å². The molecular weight excluding hydrogens is 681 g/mol. The van der Waals surface area contributed by atoms with Crippen molar-refractivity contribution in [3.63, 3.8) is 0 Å². The lowest BCUT2D eigenvalue weighted by Gasteiger charge is -2.10. The minimum absolute atomic E-state index is 0.699. The number of rotatable bonds is 6. The standard InChI is InChI=1S/C52H34N4/c1-4-14-36(15-5-1)46-34-47(37-16-6-2-7-17-37)54-52(53-46)39-27-31-51-45(33-39)44-32-38(26-30-50(44)55(51)40-18-8-3-9-19-40)35-24-28-41(29-25-35)56-48-22-12-10-20-42(48)43-21-11-13-23-49(43)56/h1-34H. The van der Waals surface area contributed by atoms with Crippen molar-refractivity contribution >= 4 is 43.6 Å². The first-order valence-electron chi connectivity index (χ1n) is 19.0. The van der Waals surface area contributed by atoms with Crippen molar-refractivity contribution in [3.05, 3.63) is 206 Å². The molecule has 262 valence electrons. The van der Waals surface area contributed by atoms with Gasteiger partial charge in [-0.25, -0.2) is 9.97 Å². The third kappa shape index (κ3) is 5.31. The zero-order valence-electron chi connectivity index (χ0n) is 30.4. The summed E-state index contributed by atoms with van der Waals surface area (Å²) in [6.45, 7) is 0. The van der Waals surface area contributed by atoms with Crippen molar-refractivity contribution in [2.75, 3.05) is 0 Å². The average Bonchev–Trinajstić information content (AvgIpc) is 3.79. The van der Waals surface area contributed by atoms with Crippen LogP contribution in [0, 0.1) is 0 Å². The highest BCUT2D eigenvalue weighted by atomic mass is 15.0. The Bertz CT molecular complexity index is 3100. The summed E-state index contributed by atoms with van der Waals surface area (Å²) in [6, 6.07) is 73.2. The molecule has 0 saturated carbocycles. The van der Waals surface area contributed by atoms with Crippen molar-refractivity contribution in [1.29, 1.82) is 0 Å². The Hall–Kier alpha value is -7.56. The van der Waals surface area contributed by atoms with Crippen molar-refractivity contribution in [2.24, 2.45) is 0 Å². The van der Waals surface area contributed by atoms with Crippen molar-refractivity contribution in [2.45, 2.75) is 0 Å². The van der Waals surface area contributed by atoms with Crippen LogP contribution in [0.4, 0.5) is 0 Å². The molecule has 0 N–H and O–H groups in total. The summed E-state index contributed by atoms with van der Waals surface area (Å²) in [6.07, 6.45) is 0. The van der Waals surface area contributed by atoms with Crippen LogP contribution in [0.5, 0.6) is 0 Å². The van der Waals surface area contributed by atoms with E-state index in [2.05, 4.69) is 203 Å². The monoisotopic (exact) mass is 714 g/mol. The topological polar surface area (TPSA) is 35.6 Å². The number of aromatic nitrogens is 4. The molecule has 3 heterocycles. The summed E-state index contributed by atoms with van der Waals surface area (Å²) < 4.78 is 4.73. The molecule has 0 aliphatic heterocycles. The molecule has 0 bridgehead atoms. The summed E-state index contributed by atoms with van der Waals surface area (Å²) in [4.78, 5) is 10.3. The van der Waals surface area contributed by atoms with Crippen LogP contribution in [0.1, 0.15) is 0 Å². The maximum Gasteiger partial charge on any atom is 0.160 e. The molecule has 0 aliphatic rings. The molecule has 8 aromatic carbocycles. The molecule has 4 heteroatoms. The Balaban J connectivity index is 1.07. The third-order valence-corrected chi connectivity index (χ3v) is 10.9. The Kier molecular flexibility index (Phi) is 7.46. The lowest BCUT2D eigenvalue weighted by atomic mass is 10.0. The lowest BCUT2D eigenvalue weighted by molar-refractivity contribution is 1.17. The summed E-state index contributed by atoms with van der Waals surface area (Å²) in [5, 5.41) is 4.86. The van der Waals surface area contributed by atoms with Gasteiger partial charge in [-0.1, -0.05) is 133 Å². The SMILES string of the molecule is c1ccc(-c2cc(-c3ccccc3)nc(-c3ccc4c(c3)c3cc(-c5ccc(-n6c7ccccc7c7ccccc76)cc5)ccc3n4-c3ccccc3)n2)cc1. The van der Waals surface area contributed by atoms with E-state index in [1.807, 2.05) is 12.1 Å². The highest BCUT2D eigenvalue weighted by Gasteiger charge is 2.17. The first-order valence-corrected chi connectivity index (χ1v) is 19.0. The molecule has 11 rings (SSSR count). The molecule has 0 saturated heterocycles. The predicted octanol–water partition coefficient (Wildman–Crippen LogP) is 13.3. The van der Waals surface area contributed by atoms with Gasteiger partial charge in [-0.2, -0.15) is 0 Å². The molecule has 0 unspecified atom stereocenters. The first kappa shape index (κ1) is 31.9. The maximum atomic E-state index is 5.16. The van der Waals surface area contributed by atoms with Crippen molar-refractivity contribution < 1.29 is 0 Å². The number of fused-ring (bicyclic) bond motifs is 6. The molecule has 0 aliphatic carbocycles. The third-order valence-electron chi connectivity index (χ3n) is 10.9. The van der Waals surface area contributed by atoms with Crippen LogP contribution in [-0.2, 0) is 0 Å². The van der Waals surface area contributed by atoms with Crippen LogP contribution < -0.4 is 0 Å². The molecule has 0 fully saturated rings. The normalized spacial score (nSPS) is 11.6. The van der Waals surface area contributed by atoms with E-state index < -0.39 is 0 Å². The van der Waals surface area contributed by atoms with Gasteiger partial charge in [-0.05, 0) is 83.9 Å². The van der Waals surface area contributed by atoms with Crippen molar-refractivity contribution in [3.8, 4) is 56.4 Å². The zero-order chi connectivity index (χ0) is 37.0. The Labute approximate surface area is 324 Å². The lowest BCUT2D eigenvalue weighted by Crippen LogP contribution is -1.96. The maximum absolute atomic E-state index is 5.16. The van der Waals surface area contributed by atoms with E-state index in [-0.39, 0.29) is 0 Å². The smallest absolute Gasteiger partial charge is 0.160 e. The Morgan fingerprint density at radius 2 is 0.679 bits per heavy atom. The van der Waals surface area contributed by atoms with Gasteiger partial charge in [0.1, 0.15) is 0 Å². The van der Waals surface area contributed by atoms with Crippen LogP contribution >= 0.6 is 0 Å². The van der Waals surface area contributed by atoms with E-state index in [0.717, 1.165) is 61.4 Å². The fraction of sp³-hybridized carbons (Fsp3) is 0. The number of nitrogens with zero attached hydrogens (tertiary/aromatic N) is 4. The number of benzene rings is 8. The van der Waals surface area contributed by atoms with Gasteiger partial charge in [0.05, 0.1) is 33.5 Å². The fourth-order valence-corrected chi connectivity index (χ4v) is 8.29. The second-order valence-electron chi connectivity index (χ2n) is 14.2. The van der Waals surface area contributed by atoms with Gasteiger partial charge in [-0.15, -0.1) is 0 Å². The minimum Gasteiger partial charge on any atom is -0.309 e. The van der Waals surface area contributed by atoms with Gasteiger partial charge in [0.15, 0.2) is 5.82 Å². The number of hydrogen-bond donors (Lipinski definition) is 0. The van der Waals surface area contributed by atoms with E-state index in [9.17, 15) is 0 Å². The molecule has 0 radical (unpaired) electrons. The van der Waals surface area contributed by atoms with E-state index in [4.69, 9.17) is 9.97 Å².